The van der Waals surface area contributed by atoms with Crippen LogP contribution < -0.4 is 5.01 Å². The zero-order valence-corrected chi connectivity index (χ0v) is 14.3. The van der Waals surface area contributed by atoms with Crippen LogP contribution in [0.1, 0.15) is 19.3 Å². The van der Waals surface area contributed by atoms with Crippen molar-refractivity contribution in [2.75, 3.05) is 18.1 Å². The Kier molecular flexibility index (Phi) is 5.85. The van der Waals surface area contributed by atoms with Crippen LogP contribution in [0.25, 0.3) is 0 Å². The number of hydrogen-bond donors (Lipinski definition) is 2. The average Bonchev–Trinajstić information content (AvgIpc) is 2.89. The number of thiocarbonyl (C=S) groups is 2. The second-order valence-corrected chi connectivity index (χ2v) is 7.09. The molecule has 19 heavy (non-hydrogen) atoms. The van der Waals surface area contributed by atoms with E-state index < -0.39 is 0 Å². The molecule has 1 aliphatic rings. The number of thiazole rings is 1. The minimum absolute atomic E-state index is 0.400. The minimum Gasteiger partial charge on any atom is -0.227 e. The van der Waals surface area contributed by atoms with E-state index in [1.807, 2.05) is 5.38 Å². The molecule has 0 saturated carbocycles. The fourth-order valence-corrected chi connectivity index (χ4v) is 3.48. The van der Waals surface area contributed by atoms with Gasteiger partial charge in [0, 0.05) is 24.7 Å². The fourth-order valence-electron chi connectivity index (χ4n) is 1.96. The van der Waals surface area contributed by atoms with Gasteiger partial charge >= 0.3 is 0 Å². The number of rotatable bonds is 2. The van der Waals surface area contributed by atoms with Crippen LogP contribution in [0.3, 0.4) is 0 Å². The first-order valence-electron chi connectivity index (χ1n) is 5.81. The Hall–Kier alpha value is 0.0700. The molecular weight excluding hydrogens is 336 g/mol. The van der Waals surface area contributed by atoms with Crippen LogP contribution in [0.2, 0.25) is 0 Å². The summed E-state index contributed by atoms with van der Waals surface area (Å²) in [6, 6.07) is 0. The van der Waals surface area contributed by atoms with Crippen molar-refractivity contribution in [3.05, 3.63) is 11.6 Å². The summed E-state index contributed by atoms with van der Waals surface area (Å²) in [5, 5.41) is 8.30. The van der Waals surface area contributed by atoms with Gasteiger partial charge in [0.25, 0.3) is 0 Å². The van der Waals surface area contributed by atoms with E-state index >= 15 is 0 Å². The standard InChI is InChI=1S/C10H14N4S5/c15-9(16)13(8-11-4-7-19-8)14(10(17)18)12-5-2-1-3-6-12/h4,7H,1-3,5-6H2,(H,15,16)(H,17,18). The Bertz CT molecular complexity index is 443. The molecule has 1 aromatic heterocycles. The van der Waals surface area contributed by atoms with E-state index in [0.717, 1.165) is 31.1 Å². The van der Waals surface area contributed by atoms with E-state index in [0.29, 0.717) is 8.64 Å². The van der Waals surface area contributed by atoms with Crippen LogP contribution in [-0.2, 0) is 0 Å². The minimum atomic E-state index is 0.400. The Morgan fingerprint density at radius 2 is 1.89 bits per heavy atom. The second kappa shape index (κ2) is 7.19. The molecule has 9 heteroatoms. The molecule has 1 aromatic rings. The number of thiol groups is 2. The summed E-state index contributed by atoms with van der Waals surface area (Å²) in [7, 11) is 0. The van der Waals surface area contributed by atoms with Crippen molar-refractivity contribution < 1.29 is 0 Å². The maximum atomic E-state index is 5.26. The molecule has 0 aliphatic carbocycles. The highest BCUT2D eigenvalue weighted by Crippen LogP contribution is 2.25. The van der Waals surface area contributed by atoms with Crippen LogP contribution in [0.15, 0.2) is 11.6 Å². The van der Waals surface area contributed by atoms with Gasteiger partial charge in [0.05, 0.1) is 0 Å². The zero-order chi connectivity index (χ0) is 13.8. The third kappa shape index (κ3) is 3.79. The van der Waals surface area contributed by atoms with E-state index in [4.69, 9.17) is 24.4 Å². The monoisotopic (exact) mass is 350 g/mol. The van der Waals surface area contributed by atoms with Gasteiger partial charge in [-0.25, -0.2) is 4.98 Å². The third-order valence-electron chi connectivity index (χ3n) is 2.74. The van der Waals surface area contributed by atoms with Crippen LogP contribution >= 0.6 is 61.0 Å². The van der Waals surface area contributed by atoms with Crippen molar-refractivity contribution in [3.63, 3.8) is 0 Å². The Labute approximate surface area is 138 Å². The molecule has 0 spiro atoms. The van der Waals surface area contributed by atoms with Crippen molar-refractivity contribution in [1.29, 1.82) is 0 Å². The van der Waals surface area contributed by atoms with Crippen LogP contribution in [0.4, 0.5) is 5.13 Å². The lowest BCUT2D eigenvalue weighted by atomic mass is 10.2. The summed E-state index contributed by atoms with van der Waals surface area (Å²) in [5.74, 6) is 0. The lowest BCUT2D eigenvalue weighted by Gasteiger charge is -2.42. The Morgan fingerprint density at radius 3 is 2.37 bits per heavy atom. The van der Waals surface area contributed by atoms with Gasteiger partial charge in [-0.1, -0.05) is 18.6 Å². The smallest absolute Gasteiger partial charge is 0.211 e. The van der Waals surface area contributed by atoms with E-state index in [9.17, 15) is 0 Å². The van der Waals surface area contributed by atoms with E-state index in [2.05, 4.69) is 35.3 Å². The van der Waals surface area contributed by atoms with E-state index in [1.165, 1.54) is 17.8 Å². The lowest BCUT2D eigenvalue weighted by molar-refractivity contribution is 0.0344. The molecule has 0 radical (unpaired) electrons. The highest BCUT2D eigenvalue weighted by Gasteiger charge is 2.28. The molecule has 0 unspecified atom stereocenters. The van der Waals surface area contributed by atoms with Gasteiger partial charge in [0.2, 0.25) is 5.13 Å². The van der Waals surface area contributed by atoms with E-state index in [-0.39, 0.29) is 0 Å². The quantitative estimate of drug-likeness (QED) is 0.483. The first kappa shape index (κ1) is 15.5. The van der Waals surface area contributed by atoms with E-state index in [1.54, 1.807) is 16.3 Å². The van der Waals surface area contributed by atoms with Crippen LogP contribution in [0.5, 0.6) is 0 Å². The van der Waals surface area contributed by atoms with Gasteiger partial charge < -0.3 is 0 Å². The van der Waals surface area contributed by atoms with Crippen molar-refractivity contribution in [2.45, 2.75) is 19.3 Å². The summed E-state index contributed by atoms with van der Waals surface area (Å²) in [6.45, 7) is 1.86. The number of hydrazine groups is 2. The molecule has 2 rings (SSSR count). The molecular formula is C10H14N4S5. The summed E-state index contributed by atoms with van der Waals surface area (Å²) in [4.78, 5) is 4.28. The molecule has 1 aliphatic heterocycles. The number of anilines is 1. The predicted molar refractivity (Wildman–Crippen MR) is 95.0 cm³/mol. The number of piperidine rings is 1. The molecule has 0 amide bonds. The molecule has 0 atom stereocenters. The topological polar surface area (TPSA) is 22.6 Å². The first-order valence-corrected chi connectivity index (χ1v) is 8.40. The second-order valence-electron chi connectivity index (χ2n) is 4.00. The normalized spacial score (nSPS) is 16.1. The Balaban J connectivity index is 2.29. The molecule has 2 heterocycles. The van der Waals surface area contributed by atoms with Crippen LogP contribution in [-0.4, -0.2) is 36.8 Å². The highest BCUT2D eigenvalue weighted by atomic mass is 32.1. The summed E-state index contributed by atoms with van der Waals surface area (Å²) in [6.07, 6.45) is 5.25. The molecule has 104 valence electrons. The van der Waals surface area contributed by atoms with Crippen molar-refractivity contribution >= 4 is 74.8 Å². The number of hydrogen-bond acceptors (Lipinski definition) is 5. The molecule has 1 saturated heterocycles. The number of aromatic nitrogens is 1. The van der Waals surface area contributed by atoms with Crippen LogP contribution in [0, 0.1) is 0 Å². The first-order chi connectivity index (χ1) is 9.11. The average molecular weight is 351 g/mol. The summed E-state index contributed by atoms with van der Waals surface area (Å²) < 4.78 is 0.838. The van der Waals surface area contributed by atoms with Gasteiger partial charge in [-0.3, -0.25) is 0 Å². The van der Waals surface area contributed by atoms with Gasteiger partial charge in [-0.05, 0) is 25.1 Å². The molecule has 0 bridgehead atoms. The maximum Gasteiger partial charge on any atom is 0.211 e. The molecule has 0 N–H and O–H groups in total. The Morgan fingerprint density at radius 1 is 1.21 bits per heavy atom. The van der Waals surface area contributed by atoms with Gasteiger partial charge in [0.15, 0.2) is 8.64 Å². The fraction of sp³-hybridized carbons (Fsp3) is 0.500. The van der Waals surface area contributed by atoms with Crippen molar-refractivity contribution in [2.24, 2.45) is 0 Å². The zero-order valence-electron chi connectivity index (χ0n) is 10.1. The number of nitrogens with zero attached hydrogens (tertiary/aromatic N) is 4. The summed E-state index contributed by atoms with van der Waals surface area (Å²) >= 11 is 20.6. The molecule has 0 aromatic carbocycles. The largest absolute Gasteiger partial charge is 0.227 e. The van der Waals surface area contributed by atoms with Crippen molar-refractivity contribution in [1.82, 2.24) is 15.1 Å². The molecule has 1 fully saturated rings. The highest BCUT2D eigenvalue weighted by molar-refractivity contribution is 8.12. The maximum absolute atomic E-state index is 5.26. The summed E-state index contributed by atoms with van der Waals surface area (Å²) in [5.41, 5.74) is 0. The molecule has 4 nitrogen and oxygen atoms in total. The third-order valence-corrected chi connectivity index (χ3v) is 4.19. The predicted octanol–water partition coefficient (Wildman–Crippen LogP) is 3.00. The van der Waals surface area contributed by atoms with Gasteiger partial charge in [-0.15, -0.1) is 36.6 Å². The SMILES string of the molecule is S=C(S)N(c1nccs1)N(C(=S)S)N1CCCCC1. The van der Waals surface area contributed by atoms with Gasteiger partial charge in [-0.2, -0.15) is 15.1 Å². The van der Waals surface area contributed by atoms with Gasteiger partial charge in [0.1, 0.15) is 0 Å². The lowest BCUT2D eigenvalue weighted by Crippen LogP contribution is -2.57. The van der Waals surface area contributed by atoms with Crippen molar-refractivity contribution in [3.8, 4) is 0 Å².